The number of carbonyl (C=O) groups excluding carboxylic acids is 1. The van der Waals surface area contributed by atoms with Gasteiger partial charge >= 0.3 is 0 Å². The van der Waals surface area contributed by atoms with Gasteiger partial charge in [0.15, 0.2) is 0 Å². The monoisotopic (exact) mass is 213 g/mol. The summed E-state index contributed by atoms with van der Waals surface area (Å²) in [6.45, 7) is 3.41. The summed E-state index contributed by atoms with van der Waals surface area (Å²) in [6, 6.07) is 0. The summed E-state index contributed by atoms with van der Waals surface area (Å²) in [5.74, 6) is -0.0301. The first-order chi connectivity index (χ1) is 6.59. The third-order valence-corrected chi connectivity index (χ3v) is 2.60. The lowest BCUT2D eigenvalue weighted by atomic mass is 10.5. The van der Waals surface area contributed by atoms with Gasteiger partial charge in [0, 0.05) is 13.1 Å². The van der Waals surface area contributed by atoms with Crippen LogP contribution in [0.2, 0.25) is 0 Å². The third-order valence-electron chi connectivity index (χ3n) is 1.69. The van der Waals surface area contributed by atoms with Crippen LogP contribution >= 0.6 is 11.3 Å². The number of thiazole rings is 1. The van der Waals surface area contributed by atoms with Gasteiger partial charge in [0.1, 0.15) is 4.88 Å². The topological polar surface area (TPSA) is 45.2 Å². The molecule has 1 aromatic heterocycles. The molecule has 1 heterocycles. The van der Waals surface area contributed by atoms with Gasteiger partial charge in [-0.2, -0.15) is 0 Å². The molecule has 4 nitrogen and oxygen atoms in total. The summed E-state index contributed by atoms with van der Waals surface area (Å²) in [5.41, 5.74) is 0. The summed E-state index contributed by atoms with van der Waals surface area (Å²) >= 11 is 1.42. The Kier molecular flexibility index (Phi) is 4.03. The van der Waals surface area contributed by atoms with E-state index in [1.807, 2.05) is 25.9 Å². The Bertz CT molecular complexity index is 309. The fourth-order valence-corrected chi connectivity index (χ4v) is 1.64. The van der Waals surface area contributed by atoms with Gasteiger partial charge in [-0.15, -0.1) is 11.3 Å². The largest absolute Gasteiger partial charge is 0.350 e. The van der Waals surface area contributed by atoms with E-state index in [2.05, 4.69) is 10.3 Å². The minimum absolute atomic E-state index is 0.0301. The molecule has 0 aliphatic heterocycles. The summed E-state index contributed by atoms with van der Waals surface area (Å²) in [4.78, 5) is 18.2. The van der Waals surface area contributed by atoms with Crippen molar-refractivity contribution in [1.82, 2.24) is 15.2 Å². The Labute approximate surface area is 88.0 Å². The van der Waals surface area contributed by atoms with Gasteiger partial charge in [-0.05, 0) is 21.0 Å². The first-order valence-electron chi connectivity index (χ1n) is 4.45. The Morgan fingerprint density at radius 2 is 2.36 bits per heavy atom. The average Bonchev–Trinajstić information content (AvgIpc) is 2.51. The van der Waals surface area contributed by atoms with E-state index in [0.29, 0.717) is 11.4 Å². The minimum Gasteiger partial charge on any atom is -0.350 e. The number of rotatable bonds is 4. The molecule has 0 atom stereocenters. The zero-order valence-electron chi connectivity index (χ0n) is 8.70. The number of aryl methyl sites for hydroxylation is 1. The molecule has 1 rings (SSSR count). The van der Waals surface area contributed by atoms with Crippen LogP contribution in [0.5, 0.6) is 0 Å². The first-order valence-corrected chi connectivity index (χ1v) is 5.26. The van der Waals surface area contributed by atoms with E-state index in [1.54, 1.807) is 6.20 Å². The van der Waals surface area contributed by atoms with Crippen LogP contribution in [0.25, 0.3) is 0 Å². The van der Waals surface area contributed by atoms with Crippen molar-refractivity contribution in [3.8, 4) is 0 Å². The second kappa shape index (κ2) is 5.07. The van der Waals surface area contributed by atoms with Crippen LogP contribution in [0.1, 0.15) is 14.7 Å². The molecule has 1 N–H and O–H groups in total. The Balaban J connectivity index is 2.36. The highest BCUT2D eigenvalue weighted by atomic mass is 32.1. The van der Waals surface area contributed by atoms with E-state index in [4.69, 9.17) is 0 Å². The highest BCUT2D eigenvalue weighted by molar-refractivity contribution is 7.13. The molecule has 0 aliphatic rings. The van der Waals surface area contributed by atoms with Crippen molar-refractivity contribution in [3.63, 3.8) is 0 Å². The molecule has 14 heavy (non-hydrogen) atoms. The molecule has 1 amide bonds. The molecule has 0 fully saturated rings. The van der Waals surface area contributed by atoms with Gasteiger partial charge in [-0.3, -0.25) is 4.79 Å². The van der Waals surface area contributed by atoms with Crippen LogP contribution in [0, 0.1) is 6.92 Å². The predicted octanol–water partition coefficient (Wildman–Crippen LogP) is 0.743. The van der Waals surface area contributed by atoms with E-state index in [-0.39, 0.29) is 5.91 Å². The molecule has 0 aliphatic carbocycles. The molecule has 0 bridgehead atoms. The van der Waals surface area contributed by atoms with Gasteiger partial charge in [-0.1, -0.05) is 0 Å². The molecule has 0 radical (unpaired) electrons. The number of aromatic nitrogens is 1. The Hall–Kier alpha value is -0.940. The number of carbonyl (C=O) groups is 1. The second-order valence-electron chi connectivity index (χ2n) is 3.30. The van der Waals surface area contributed by atoms with Crippen LogP contribution < -0.4 is 5.32 Å². The second-order valence-corrected chi connectivity index (χ2v) is 4.54. The van der Waals surface area contributed by atoms with Crippen molar-refractivity contribution < 1.29 is 4.79 Å². The first kappa shape index (κ1) is 11.1. The summed E-state index contributed by atoms with van der Waals surface area (Å²) in [6.07, 6.45) is 1.62. The Morgan fingerprint density at radius 3 is 2.86 bits per heavy atom. The lowest BCUT2D eigenvalue weighted by Gasteiger charge is -2.09. The van der Waals surface area contributed by atoms with E-state index in [0.717, 1.165) is 11.6 Å². The molecular formula is C9H15N3OS. The normalized spacial score (nSPS) is 10.6. The predicted molar refractivity (Wildman–Crippen MR) is 57.7 cm³/mol. The quantitative estimate of drug-likeness (QED) is 0.802. The molecule has 78 valence electrons. The molecule has 0 spiro atoms. The minimum atomic E-state index is -0.0301. The maximum Gasteiger partial charge on any atom is 0.263 e. The number of hydrogen-bond donors (Lipinski definition) is 1. The molecule has 0 saturated carbocycles. The van der Waals surface area contributed by atoms with Crippen molar-refractivity contribution in [2.24, 2.45) is 0 Å². The highest BCUT2D eigenvalue weighted by Gasteiger charge is 2.07. The summed E-state index contributed by atoms with van der Waals surface area (Å²) in [5, 5.41) is 3.75. The van der Waals surface area contributed by atoms with Crippen LogP contribution in [0.4, 0.5) is 0 Å². The SMILES string of the molecule is Cc1ncc(C(=O)NCCN(C)C)s1. The zero-order valence-corrected chi connectivity index (χ0v) is 9.52. The highest BCUT2D eigenvalue weighted by Crippen LogP contribution is 2.10. The molecule has 0 unspecified atom stereocenters. The van der Waals surface area contributed by atoms with Crippen molar-refractivity contribution in [2.75, 3.05) is 27.2 Å². The lowest BCUT2D eigenvalue weighted by Crippen LogP contribution is -2.30. The Morgan fingerprint density at radius 1 is 1.64 bits per heavy atom. The van der Waals surface area contributed by atoms with Crippen molar-refractivity contribution in [3.05, 3.63) is 16.1 Å². The fourth-order valence-electron chi connectivity index (χ4n) is 0.946. The smallest absolute Gasteiger partial charge is 0.263 e. The van der Waals surface area contributed by atoms with Crippen LogP contribution in [-0.2, 0) is 0 Å². The van der Waals surface area contributed by atoms with E-state index in [9.17, 15) is 4.79 Å². The molecule has 0 saturated heterocycles. The number of nitrogens with one attached hydrogen (secondary N) is 1. The van der Waals surface area contributed by atoms with Crippen molar-refractivity contribution in [2.45, 2.75) is 6.92 Å². The fraction of sp³-hybridized carbons (Fsp3) is 0.556. The van der Waals surface area contributed by atoms with Gasteiger partial charge in [0.2, 0.25) is 0 Å². The zero-order chi connectivity index (χ0) is 10.6. The van der Waals surface area contributed by atoms with Gasteiger partial charge < -0.3 is 10.2 Å². The van der Waals surface area contributed by atoms with Gasteiger partial charge in [0.25, 0.3) is 5.91 Å². The number of hydrogen-bond acceptors (Lipinski definition) is 4. The standard InChI is InChI=1S/C9H15N3OS/c1-7-11-6-8(14-7)9(13)10-4-5-12(2)3/h6H,4-5H2,1-3H3,(H,10,13). The van der Waals surface area contributed by atoms with Crippen molar-refractivity contribution in [1.29, 1.82) is 0 Å². The number of likely N-dealkylation sites (N-methyl/N-ethyl adjacent to an activating group) is 1. The molecule has 1 aromatic rings. The maximum atomic E-state index is 11.5. The van der Waals surface area contributed by atoms with Crippen LogP contribution in [0.3, 0.4) is 0 Å². The van der Waals surface area contributed by atoms with E-state index >= 15 is 0 Å². The van der Waals surface area contributed by atoms with Crippen molar-refractivity contribution >= 4 is 17.2 Å². The van der Waals surface area contributed by atoms with E-state index in [1.165, 1.54) is 11.3 Å². The van der Waals surface area contributed by atoms with Gasteiger partial charge in [0.05, 0.1) is 11.2 Å². The molecule has 0 aromatic carbocycles. The third kappa shape index (κ3) is 3.43. The number of nitrogens with zero attached hydrogens (tertiary/aromatic N) is 2. The summed E-state index contributed by atoms with van der Waals surface area (Å²) in [7, 11) is 3.95. The van der Waals surface area contributed by atoms with Crippen LogP contribution in [0.15, 0.2) is 6.20 Å². The summed E-state index contributed by atoms with van der Waals surface area (Å²) < 4.78 is 0. The average molecular weight is 213 g/mol. The van der Waals surface area contributed by atoms with E-state index < -0.39 is 0 Å². The van der Waals surface area contributed by atoms with Crippen LogP contribution in [-0.4, -0.2) is 43.0 Å². The molecular weight excluding hydrogens is 198 g/mol. The van der Waals surface area contributed by atoms with Gasteiger partial charge in [-0.25, -0.2) is 4.98 Å². The number of amides is 1. The maximum absolute atomic E-state index is 11.5. The lowest BCUT2D eigenvalue weighted by molar-refractivity contribution is 0.0955. The molecule has 5 heteroatoms.